The number of hydrogen-bond donors (Lipinski definition) is 0. The SMILES string of the molecule is CC(C)(C)c1nc(Cl)cc(N2CCOC(C#N)C2)n1. The van der Waals surface area contributed by atoms with Crippen molar-refractivity contribution in [3.05, 3.63) is 17.0 Å². The summed E-state index contributed by atoms with van der Waals surface area (Å²) >= 11 is 6.07. The largest absolute Gasteiger partial charge is 0.360 e. The average molecular weight is 281 g/mol. The maximum Gasteiger partial charge on any atom is 0.161 e. The molecule has 0 aliphatic carbocycles. The summed E-state index contributed by atoms with van der Waals surface area (Å²) in [6.45, 7) is 7.85. The lowest BCUT2D eigenvalue weighted by atomic mass is 9.96. The van der Waals surface area contributed by atoms with E-state index in [1.165, 1.54) is 0 Å². The fraction of sp³-hybridized carbons (Fsp3) is 0.615. The van der Waals surface area contributed by atoms with Gasteiger partial charge in [-0.25, -0.2) is 9.97 Å². The van der Waals surface area contributed by atoms with Crippen LogP contribution in [0.25, 0.3) is 0 Å². The number of ether oxygens (including phenoxy) is 1. The van der Waals surface area contributed by atoms with Crippen molar-refractivity contribution in [2.24, 2.45) is 0 Å². The summed E-state index contributed by atoms with van der Waals surface area (Å²) in [5.41, 5.74) is -0.166. The quantitative estimate of drug-likeness (QED) is 0.738. The Morgan fingerprint density at radius 2 is 2.21 bits per heavy atom. The number of aromatic nitrogens is 2. The summed E-state index contributed by atoms with van der Waals surface area (Å²) in [7, 11) is 0. The minimum Gasteiger partial charge on any atom is -0.360 e. The Labute approximate surface area is 118 Å². The van der Waals surface area contributed by atoms with Crippen LogP contribution in [0.2, 0.25) is 5.15 Å². The molecule has 1 unspecified atom stereocenters. The first-order valence-electron chi connectivity index (χ1n) is 6.21. The topological polar surface area (TPSA) is 62.0 Å². The molecule has 1 aliphatic heterocycles. The Balaban J connectivity index is 2.30. The van der Waals surface area contributed by atoms with Crippen LogP contribution < -0.4 is 4.90 Å². The molecular formula is C13H17ClN4O. The fourth-order valence-electron chi connectivity index (χ4n) is 1.84. The normalized spacial score (nSPS) is 20.2. The molecule has 19 heavy (non-hydrogen) atoms. The zero-order valence-corrected chi connectivity index (χ0v) is 12.1. The second kappa shape index (κ2) is 5.32. The van der Waals surface area contributed by atoms with Gasteiger partial charge in [0.05, 0.1) is 19.2 Å². The molecule has 0 N–H and O–H groups in total. The molecule has 1 saturated heterocycles. The van der Waals surface area contributed by atoms with Gasteiger partial charge in [0.1, 0.15) is 16.8 Å². The molecule has 0 radical (unpaired) electrons. The van der Waals surface area contributed by atoms with Gasteiger partial charge in [0, 0.05) is 18.0 Å². The minimum atomic E-state index is -0.416. The zero-order chi connectivity index (χ0) is 14.0. The molecule has 1 aromatic heterocycles. The molecule has 5 nitrogen and oxygen atoms in total. The van der Waals surface area contributed by atoms with Gasteiger partial charge in [0.2, 0.25) is 0 Å². The molecule has 1 fully saturated rings. The first kappa shape index (κ1) is 14.0. The predicted octanol–water partition coefficient (Wildman–Crippen LogP) is 2.16. The Kier molecular flexibility index (Phi) is 3.93. The number of rotatable bonds is 1. The van der Waals surface area contributed by atoms with Gasteiger partial charge in [-0.15, -0.1) is 0 Å². The highest BCUT2D eigenvalue weighted by molar-refractivity contribution is 6.29. The third-order valence-corrected chi connectivity index (χ3v) is 3.08. The van der Waals surface area contributed by atoms with E-state index in [1.807, 2.05) is 25.7 Å². The van der Waals surface area contributed by atoms with Crippen molar-refractivity contribution in [3.8, 4) is 6.07 Å². The van der Waals surface area contributed by atoms with Crippen LogP contribution in [0.5, 0.6) is 0 Å². The van der Waals surface area contributed by atoms with E-state index in [0.717, 1.165) is 5.82 Å². The number of halogens is 1. The lowest BCUT2D eigenvalue weighted by Gasteiger charge is -2.31. The highest BCUT2D eigenvalue weighted by Gasteiger charge is 2.24. The Bertz CT molecular complexity index is 506. The van der Waals surface area contributed by atoms with Gasteiger partial charge in [-0.05, 0) is 0 Å². The van der Waals surface area contributed by atoms with Crippen LogP contribution in [0, 0.1) is 11.3 Å². The van der Waals surface area contributed by atoms with E-state index in [-0.39, 0.29) is 5.41 Å². The standard InChI is InChI=1S/C13H17ClN4O/c1-13(2,3)12-16-10(14)6-11(17-12)18-4-5-19-9(7-15)8-18/h6,9H,4-5,8H2,1-3H3. The van der Waals surface area contributed by atoms with Crippen molar-refractivity contribution in [3.63, 3.8) is 0 Å². The van der Waals surface area contributed by atoms with Crippen molar-refractivity contribution >= 4 is 17.4 Å². The van der Waals surface area contributed by atoms with Gasteiger partial charge in [-0.3, -0.25) is 0 Å². The van der Waals surface area contributed by atoms with Crippen LogP contribution in [0.1, 0.15) is 26.6 Å². The Morgan fingerprint density at radius 3 is 2.84 bits per heavy atom. The van der Waals surface area contributed by atoms with Gasteiger partial charge in [-0.2, -0.15) is 5.26 Å². The molecular weight excluding hydrogens is 264 g/mol. The summed E-state index contributed by atoms with van der Waals surface area (Å²) in [5.74, 6) is 1.46. The smallest absolute Gasteiger partial charge is 0.161 e. The van der Waals surface area contributed by atoms with Crippen LogP contribution in [0.4, 0.5) is 5.82 Å². The van der Waals surface area contributed by atoms with E-state index >= 15 is 0 Å². The second-order valence-electron chi connectivity index (χ2n) is 5.56. The maximum atomic E-state index is 8.93. The average Bonchev–Trinajstić information content (AvgIpc) is 2.37. The summed E-state index contributed by atoms with van der Waals surface area (Å²) in [5, 5.41) is 9.36. The second-order valence-corrected chi connectivity index (χ2v) is 5.94. The van der Waals surface area contributed by atoms with Gasteiger partial charge in [0.15, 0.2) is 6.10 Å². The first-order valence-corrected chi connectivity index (χ1v) is 6.59. The molecule has 2 rings (SSSR count). The van der Waals surface area contributed by atoms with Gasteiger partial charge in [-0.1, -0.05) is 32.4 Å². The molecule has 1 aromatic rings. The third kappa shape index (κ3) is 3.34. The molecule has 2 heterocycles. The van der Waals surface area contributed by atoms with Gasteiger partial charge < -0.3 is 9.64 Å². The Hall–Kier alpha value is -1.38. The number of anilines is 1. The first-order chi connectivity index (χ1) is 8.90. The summed E-state index contributed by atoms with van der Waals surface area (Å²) in [6, 6.07) is 3.86. The third-order valence-electron chi connectivity index (χ3n) is 2.89. The summed E-state index contributed by atoms with van der Waals surface area (Å²) in [4.78, 5) is 10.8. The van der Waals surface area contributed by atoms with E-state index in [2.05, 4.69) is 16.0 Å². The molecule has 1 aliphatic rings. The fourth-order valence-corrected chi connectivity index (χ4v) is 2.02. The lowest BCUT2D eigenvalue weighted by molar-refractivity contribution is 0.0761. The minimum absolute atomic E-state index is 0.166. The van der Waals surface area contributed by atoms with Crippen LogP contribution in [0.3, 0.4) is 0 Å². The molecule has 0 aromatic carbocycles. The predicted molar refractivity (Wildman–Crippen MR) is 73.3 cm³/mol. The van der Waals surface area contributed by atoms with Crippen molar-refractivity contribution in [1.29, 1.82) is 5.26 Å². The van der Waals surface area contributed by atoms with Crippen molar-refractivity contribution in [1.82, 2.24) is 9.97 Å². The highest BCUT2D eigenvalue weighted by atomic mass is 35.5. The number of hydrogen-bond acceptors (Lipinski definition) is 5. The molecule has 0 spiro atoms. The molecule has 6 heteroatoms. The van der Waals surface area contributed by atoms with Crippen LogP contribution in [0.15, 0.2) is 6.07 Å². The van der Waals surface area contributed by atoms with Crippen LogP contribution in [-0.4, -0.2) is 35.8 Å². The highest BCUT2D eigenvalue weighted by Crippen LogP contribution is 2.24. The van der Waals surface area contributed by atoms with E-state index in [9.17, 15) is 0 Å². The molecule has 0 amide bonds. The summed E-state index contributed by atoms with van der Waals surface area (Å²) in [6.07, 6.45) is -0.416. The lowest BCUT2D eigenvalue weighted by Crippen LogP contribution is -2.42. The van der Waals surface area contributed by atoms with E-state index in [1.54, 1.807) is 6.07 Å². The van der Waals surface area contributed by atoms with E-state index < -0.39 is 6.10 Å². The number of nitrogens with zero attached hydrogens (tertiary/aromatic N) is 4. The van der Waals surface area contributed by atoms with Gasteiger partial charge >= 0.3 is 0 Å². The molecule has 0 saturated carbocycles. The number of morpholine rings is 1. The van der Waals surface area contributed by atoms with Crippen molar-refractivity contribution < 1.29 is 4.74 Å². The molecule has 0 bridgehead atoms. The summed E-state index contributed by atoms with van der Waals surface area (Å²) < 4.78 is 5.33. The Morgan fingerprint density at radius 1 is 1.47 bits per heavy atom. The van der Waals surface area contributed by atoms with Crippen LogP contribution >= 0.6 is 11.6 Å². The van der Waals surface area contributed by atoms with Crippen molar-refractivity contribution in [2.75, 3.05) is 24.6 Å². The van der Waals surface area contributed by atoms with Crippen LogP contribution in [-0.2, 0) is 10.2 Å². The van der Waals surface area contributed by atoms with E-state index in [4.69, 9.17) is 21.6 Å². The zero-order valence-electron chi connectivity index (χ0n) is 11.4. The van der Waals surface area contributed by atoms with Gasteiger partial charge in [0.25, 0.3) is 0 Å². The maximum absolute atomic E-state index is 8.93. The van der Waals surface area contributed by atoms with E-state index in [0.29, 0.717) is 30.7 Å². The molecule has 102 valence electrons. The number of nitriles is 1. The van der Waals surface area contributed by atoms with Crippen molar-refractivity contribution in [2.45, 2.75) is 32.3 Å². The molecule has 1 atom stereocenters. The monoisotopic (exact) mass is 280 g/mol.